The van der Waals surface area contributed by atoms with Crippen molar-refractivity contribution < 1.29 is 0 Å². The van der Waals surface area contributed by atoms with Crippen molar-refractivity contribution in [2.45, 2.75) is 6.92 Å². The van der Waals surface area contributed by atoms with Crippen molar-refractivity contribution >= 4 is 29.1 Å². The van der Waals surface area contributed by atoms with Crippen LogP contribution in [-0.2, 0) is 0 Å². The summed E-state index contributed by atoms with van der Waals surface area (Å²) in [5.41, 5.74) is 1.33. The normalized spacial score (nSPS) is 9.67. The summed E-state index contributed by atoms with van der Waals surface area (Å²) < 4.78 is 0. The van der Waals surface area contributed by atoms with E-state index in [0.717, 1.165) is 0 Å². The molecule has 2 unspecified atom stereocenters. The van der Waals surface area contributed by atoms with Crippen molar-refractivity contribution in [3.63, 3.8) is 0 Å². The smallest absolute Gasteiger partial charge is 0.0273 e. The van der Waals surface area contributed by atoms with Crippen LogP contribution in [0.15, 0.2) is 18.2 Å². The molecule has 0 amide bonds. The van der Waals surface area contributed by atoms with Gasteiger partial charge in [-0.2, -0.15) is 0 Å². The van der Waals surface area contributed by atoms with Crippen molar-refractivity contribution in [1.29, 1.82) is 0 Å². The van der Waals surface area contributed by atoms with Gasteiger partial charge in [0.05, 0.1) is 0 Å². The van der Waals surface area contributed by atoms with Crippen LogP contribution in [0.3, 0.4) is 0 Å². The fourth-order valence-electron chi connectivity index (χ4n) is 0.699. The lowest BCUT2D eigenvalue weighted by molar-refractivity contribution is 1.55. The highest BCUT2D eigenvalue weighted by molar-refractivity contribution is 7.28. The van der Waals surface area contributed by atoms with Crippen LogP contribution in [0.5, 0.6) is 0 Å². The zero-order valence-electron chi connectivity index (χ0n) is 5.39. The van der Waals surface area contributed by atoms with Crippen LogP contribution in [0.25, 0.3) is 0 Å². The second-order valence-electron chi connectivity index (χ2n) is 2.12. The molecule has 0 aliphatic carbocycles. The zero-order valence-corrected chi connectivity index (χ0v) is 7.70. The Morgan fingerprint density at radius 3 is 2.33 bits per heavy atom. The largest absolute Gasteiger partial charge is 0.106 e. The third-order valence-electron chi connectivity index (χ3n) is 1.29. The molecule has 0 aromatic heterocycles. The molecular weight excluding hydrogens is 146 g/mol. The monoisotopic (exact) mass is 156 g/mol. The predicted octanol–water partition coefficient (Wildman–Crippen LogP) is 0.996. The summed E-state index contributed by atoms with van der Waals surface area (Å²) in [7, 11) is 5.38. The molecule has 0 radical (unpaired) electrons. The Kier molecular flexibility index (Phi) is 2.22. The Balaban J connectivity index is 3.17. The Labute approximate surface area is 60.5 Å². The van der Waals surface area contributed by atoms with Gasteiger partial charge >= 0.3 is 0 Å². The maximum Gasteiger partial charge on any atom is -0.0273 e. The van der Waals surface area contributed by atoms with Crippen LogP contribution in [0, 0.1) is 6.92 Å². The Hall–Kier alpha value is 0.0800. The Morgan fingerprint density at radius 2 is 1.89 bits per heavy atom. The minimum atomic E-state index is 1.25. The molecule has 1 aromatic rings. The summed E-state index contributed by atoms with van der Waals surface area (Å²) >= 11 is 0. The highest BCUT2D eigenvalue weighted by Crippen LogP contribution is 1.98. The molecule has 9 heavy (non-hydrogen) atoms. The summed E-state index contributed by atoms with van der Waals surface area (Å²) in [5, 5.41) is 2.53. The molecule has 0 heterocycles. The second-order valence-corrected chi connectivity index (χ2v) is 3.40. The van der Waals surface area contributed by atoms with Crippen molar-refractivity contribution in [2.24, 2.45) is 0 Å². The second kappa shape index (κ2) is 2.78. The van der Waals surface area contributed by atoms with E-state index in [1.54, 1.807) is 0 Å². The first kappa shape index (κ1) is 7.19. The van der Waals surface area contributed by atoms with Gasteiger partial charge in [-0.15, -0.1) is 18.5 Å². The molecule has 0 fully saturated rings. The van der Waals surface area contributed by atoms with Crippen molar-refractivity contribution in [2.75, 3.05) is 0 Å². The third-order valence-corrected chi connectivity index (χ3v) is 2.30. The van der Waals surface area contributed by atoms with E-state index < -0.39 is 0 Å². The van der Waals surface area contributed by atoms with Crippen molar-refractivity contribution in [3.05, 3.63) is 23.8 Å². The van der Waals surface area contributed by atoms with Crippen molar-refractivity contribution in [3.8, 4) is 0 Å². The van der Waals surface area contributed by atoms with E-state index in [1.165, 1.54) is 16.2 Å². The first-order valence-corrected chi connectivity index (χ1v) is 3.97. The van der Waals surface area contributed by atoms with Gasteiger partial charge in [0.15, 0.2) is 0 Å². The SMILES string of the molecule is Cc1cc(P)ccc1P. The van der Waals surface area contributed by atoms with Gasteiger partial charge in [-0.25, -0.2) is 0 Å². The molecule has 0 N–H and O–H groups in total. The van der Waals surface area contributed by atoms with E-state index in [9.17, 15) is 0 Å². The van der Waals surface area contributed by atoms with Crippen LogP contribution in [0.2, 0.25) is 0 Å². The van der Waals surface area contributed by atoms with Crippen LogP contribution >= 0.6 is 18.5 Å². The fourth-order valence-corrected chi connectivity index (χ4v) is 1.22. The number of benzene rings is 1. The van der Waals surface area contributed by atoms with Gasteiger partial charge in [0.1, 0.15) is 0 Å². The van der Waals surface area contributed by atoms with Crippen LogP contribution in [0.1, 0.15) is 5.56 Å². The minimum Gasteiger partial charge on any atom is -0.106 e. The van der Waals surface area contributed by atoms with E-state index in [0.29, 0.717) is 0 Å². The molecule has 2 heteroatoms. The van der Waals surface area contributed by atoms with Gasteiger partial charge in [0, 0.05) is 0 Å². The first-order chi connectivity index (χ1) is 4.20. The van der Waals surface area contributed by atoms with Crippen LogP contribution in [-0.4, -0.2) is 0 Å². The molecule has 2 atom stereocenters. The van der Waals surface area contributed by atoms with Gasteiger partial charge in [-0.3, -0.25) is 0 Å². The lowest BCUT2D eigenvalue weighted by atomic mass is 10.2. The number of hydrogen-bond acceptors (Lipinski definition) is 0. The number of hydrogen-bond donors (Lipinski definition) is 0. The van der Waals surface area contributed by atoms with Gasteiger partial charge in [-0.1, -0.05) is 18.2 Å². The first-order valence-electron chi connectivity index (χ1n) is 2.82. The summed E-state index contributed by atoms with van der Waals surface area (Å²) in [4.78, 5) is 0. The molecule has 0 saturated carbocycles. The van der Waals surface area contributed by atoms with Gasteiger partial charge in [0.2, 0.25) is 0 Å². The molecule has 0 nitrogen and oxygen atoms in total. The van der Waals surface area contributed by atoms with E-state index >= 15 is 0 Å². The summed E-state index contributed by atoms with van der Waals surface area (Å²) in [6.07, 6.45) is 0. The summed E-state index contributed by atoms with van der Waals surface area (Å²) in [6.45, 7) is 2.11. The predicted molar refractivity (Wildman–Crippen MR) is 49.9 cm³/mol. The molecule has 1 aromatic carbocycles. The molecule has 48 valence electrons. The molecule has 0 saturated heterocycles. The van der Waals surface area contributed by atoms with Gasteiger partial charge < -0.3 is 0 Å². The molecule has 0 bridgehead atoms. The summed E-state index contributed by atoms with van der Waals surface area (Å²) in [5.74, 6) is 0. The molecule has 0 aliphatic rings. The maximum atomic E-state index is 2.70. The van der Waals surface area contributed by atoms with E-state index in [4.69, 9.17) is 0 Å². The Bertz CT molecular complexity index is 218. The highest BCUT2D eigenvalue weighted by atomic mass is 31.0. The fraction of sp³-hybridized carbons (Fsp3) is 0.143. The quantitative estimate of drug-likeness (QED) is 0.491. The molecule has 0 spiro atoms. The standard InChI is InChI=1S/C7H10P2/c1-5-4-6(8)2-3-7(5)9/h2-4H,8-9H2,1H3. The third kappa shape index (κ3) is 1.75. The topological polar surface area (TPSA) is 0 Å². The number of aryl methyl sites for hydroxylation is 1. The molecule has 1 rings (SSSR count). The minimum absolute atomic E-state index is 1.25. The lowest BCUT2D eigenvalue weighted by Gasteiger charge is -1.98. The van der Waals surface area contributed by atoms with Gasteiger partial charge in [-0.05, 0) is 23.1 Å². The van der Waals surface area contributed by atoms with Crippen molar-refractivity contribution in [1.82, 2.24) is 0 Å². The van der Waals surface area contributed by atoms with E-state index in [2.05, 4.69) is 43.6 Å². The lowest BCUT2D eigenvalue weighted by Crippen LogP contribution is -2.01. The van der Waals surface area contributed by atoms with Gasteiger partial charge in [0.25, 0.3) is 0 Å². The zero-order chi connectivity index (χ0) is 6.85. The average molecular weight is 156 g/mol. The number of rotatable bonds is 0. The van der Waals surface area contributed by atoms with Crippen LogP contribution in [0.4, 0.5) is 0 Å². The van der Waals surface area contributed by atoms with E-state index in [1.807, 2.05) is 0 Å². The average Bonchev–Trinajstić information content (AvgIpc) is 1.80. The molecular formula is C7H10P2. The van der Waals surface area contributed by atoms with Crippen LogP contribution < -0.4 is 10.6 Å². The molecule has 0 aliphatic heterocycles. The Morgan fingerprint density at radius 1 is 1.22 bits per heavy atom. The van der Waals surface area contributed by atoms with E-state index in [-0.39, 0.29) is 0 Å². The highest BCUT2D eigenvalue weighted by Gasteiger charge is 1.89. The maximum absolute atomic E-state index is 2.70. The summed E-state index contributed by atoms with van der Waals surface area (Å²) in [6, 6.07) is 6.33.